The normalized spacial score (nSPS) is 11.7. The van der Waals surface area contributed by atoms with E-state index in [1.807, 2.05) is 41.8 Å². The zero-order valence-corrected chi connectivity index (χ0v) is 13.4. The van der Waals surface area contributed by atoms with Gasteiger partial charge in [0.2, 0.25) is 11.8 Å². The molecule has 1 atom stereocenters. The predicted molar refractivity (Wildman–Crippen MR) is 89.9 cm³/mol. The number of para-hydroxylation sites is 1. The molecule has 0 radical (unpaired) electrons. The fraction of sp³-hybridized carbons (Fsp3) is 0.294. The molecule has 0 fully saturated rings. The van der Waals surface area contributed by atoms with Gasteiger partial charge in [-0.3, -0.25) is 9.59 Å². The summed E-state index contributed by atoms with van der Waals surface area (Å²) >= 11 is 1.70. The molecule has 0 aliphatic heterocycles. The molecule has 0 saturated carbocycles. The Balaban J connectivity index is 1.70. The predicted octanol–water partition coefficient (Wildman–Crippen LogP) is 3.21. The highest BCUT2D eigenvalue weighted by molar-refractivity contribution is 7.09. The van der Waals surface area contributed by atoms with Crippen molar-refractivity contribution in [2.45, 2.75) is 32.2 Å². The molecule has 2 amide bonds. The Bertz CT molecular complexity index is 596. The molecule has 0 spiro atoms. The summed E-state index contributed by atoms with van der Waals surface area (Å²) in [5.41, 5.74) is 0.728. The first-order chi connectivity index (χ1) is 10.6. The van der Waals surface area contributed by atoms with Crippen molar-refractivity contribution in [2.75, 3.05) is 5.32 Å². The fourth-order valence-corrected chi connectivity index (χ4v) is 2.78. The monoisotopic (exact) mass is 316 g/mol. The maximum Gasteiger partial charge on any atom is 0.246 e. The van der Waals surface area contributed by atoms with Crippen LogP contribution in [0.5, 0.6) is 0 Å². The van der Waals surface area contributed by atoms with Gasteiger partial charge < -0.3 is 10.6 Å². The third-order valence-electron chi connectivity index (χ3n) is 3.22. The first-order valence-corrected chi connectivity index (χ1v) is 8.21. The summed E-state index contributed by atoms with van der Waals surface area (Å²) in [4.78, 5) is 25.1. The molecule has 5 heteroatoms. The molecule has 2 N–H and O–H groups in total. The molecule has 2 rings (SSSR count). The van der Waals surface area contributed by atoms with Gasteiger partial charge in [0.15, 0.2) is 0 Å². The number of carbonyl (C=O) groups is 2. The molecule has 22 heavy (non-hydrogen) atoms. The lowest BCUT2D eigenvalue weighted by Crippen LogP contribution is -2.41. The van der Waals surface area contributed by atoms with Crippen molar-refractivity contribution in [3.05, 3.63) is 52.7 Å². The molecule has 0 bridgehead atoms. The minimum absolute atomic E-state index is 0.0905. The van der Waals surface area contributed by atoms with E-state index in [-0.39, 0.29) is 11.8 Å². The Kier molecular flexibility index (Phi) is 6.15. The van der Waals surface area contributed by atoms with Gasteiger partial charge in [0.25, 0.3) is 0 Å². The number of anilines is 1. The Morgan fingerprint density at radius 2 is 1.91 bits per heavy atom. The minimum Gasteiger partial charge on any atom is -0.345 e. The molecule has 116 valence electrons. The Hall–Kier alpha value is -2.14. The third-order valence-corrected chi connectivity index (χ3v) is 4.16. The molecule has 1 heterocycles. The van der Waals surface area contributed by atoms with Crippen molar-refractivity contribution in [3.8, 4) is 0 Å². The van der Waals surface area contributed by atoms with E-state index in [4.69, 9.17) is 0 Å². The summed E-state index contributed by atoms with van der Waals surface area (Å²) in [6, 6.07) is 12.7. The summed E-state index contributed by atoms with van der Waals surface area (Å²) in [6.45, 7) is 1.69. The zero-order valence-electron chi connectivity index (χ0n) is 12.5. The van der Waals surface area contributed by atoms with Crippen LogP contribution < -0.4 is 10.6 Å². The van der Waals surface area contributed by atoms with Crippen LogP contribution >= 0.6 is 11.3 Å². The smallest absolute Gasteiger partial charge is 0.246 e. The van der Waals surface area contributed by atoms with E-state index in [2.05, 4.69) is 16.7 Å². The lowest BCUT2D eigenvalue weighted by Gasteiger charge is -2.14. The Morgan fingerprint density at radius 1 is 1.14 bits per heavy atom. The number of hydrogen-bond acceptors (Lipinski definition) is 3. The fourth-order valence-electron chi connectivity index (χ4n) is 2.03. The molecular formula is C17H20N2O2S. The van der Waals surface area contributed by atoms with Gasteiger partial charge in [-0.25, -0.2) is 0 Å². The van der Waals surface area contributed by atoms with E-state index >= 15 is 0 Å². The number of carbonyl (C=O) groups excluding carboxylic acids is 2. The Morgan fingerprint density at radius 3 is 2.59 bits per heavy atom. The summed E-state index contributed by atoms with van der Waals surface area (Å²) in [6.07, 6.45) is 2.12. The van der Waals surface area contributed by atoms with Crippen LogP contribution in [0.2, 0.25) is 0 Å². The average molecular weight is 316 g/mol. The number of rotatable bonds is 7. The number of benzene rings is 1. The van der Waals surface area contributed by atoms with Gasteiger partial charge >= 0.3 is 0 Å². The van der Waals surface area contributed by atoms with Crippen LogP contribution in [0.15, 0.2) is 47.8 Å². The van der Waals surface area contributed by atoms with Crippen LogP contribution in [0, 0.1) is 0 Å². The van der Waals surface area contributed by atoms with Crippen molar-refractivity contribution in [2.24, 2.45) is 0 Å². The topological polar surface area (TPSA) is 58.2 Å². The summed E-state index contributed by atoms with van der Waals surface area (Å²) in [5, 5.41) is 7.54. The lowest BCUT2D eigenvalue weighted by molar-refractivity contribution is -0.126. The third kappa shape index (κ3) is 5.33. The number of nitrogens with one attached hydrogen (secondary N) is 2. The Labute approximate surface area is 134 Å². The van der Waals surface area contributed by atoms with Crippen LogP contribution in [0.4, 0.5) is 5.69 Å². The van der Waals surface area contributed by atoms with Crippen molar-refractivity contribution in [1.82, 2.24) is 5.32 Å². The van der Waals surface area contributed by atoms with Crippen molar-refractivity contribution in [1.29, 1.82) is 0 Å². The number of thiophene rings is 1. The summed E-state index contributed by atoms with van der Waals surface area (Å²) in [5.74, 6) is -0.301. The molecule has 2 aromatic rings. The highest BCUT2D eigenvalue weighted by Gasteiger charge is 2.15. The summed E-state index contributed by atoms with van der Waals surface area (Å²) in [7, 11) is 0. The lowest BCUT2D eigenvalue weighted by atomic mass is 10.2. The molecule has 1 aromatic carbocycles. The second-order valence-electron chi connectivity index (χ2n) is 5.08. The quantitative estimate of drug-likeness (QED) is 0.824. The van der Waals surface area contributed by atoms with Gasteiger partial charge in [0, 0.05) is 17.0 Å². The van der Waals surface area contributed by atoms with Crippen molar-refractivity contribution >= 4 is 28.8 Å². The highest BCUT2D eigenvalue weighted by atomic mass is 32.1. The minimum atomic E-state index is -0.547. The van der Waals surface area contributed by atoms with Gasteiger partial charge in [-0.2, -0.15) is 0 Å². The SMILES string of the molecule is CC(NC(=O)CCCc1cccs1)C(=O)Nc1ccccc1. The van der Waals surface area contributed by atoms with E-state index < -0.39 is 6.04 Å². The van der Waals surface area contributed by atoms with Gasteiger partial charge in [0.05, 0.1) is 0 Å². The second-order valence-corrected chi connectivity index (χ2v) is 6.11. The van der Waals surface area contributed by atoms with Crippen LogP contribution in [0.1, 0.15) is 24.6 Å². The highest BCUT2D eigenvalue weighted by Crippen LogP contribution is 2.12. The summed E-state index contributed by atoms with van der Waals surface area (Å²) < 4.78 is 0. The standard InChI is InChI=1S/C17H20N2O2S/c1-13(17(21)19-14-7-3-2-4-8-14)18-16(20)11-5-9-15-10-6-12-22-15/h2-4,6-8,10,12-13H,5,9,11H2,1H3,(H,18,20)(H,19,21). The van der Waals surface area contributed by atoms with E-state index in [0.717, 1.165) is 18.5 Å². The van der Waals surface area contributed by atoms with Crippen molar-refractivity contribution in [3.63, 3.8) is 0 Å². The zero-order chi connectivity index (χ0) is 15.8. The van der Waals surface area contributed by atoms with Crippen LogP contribution in [0.3, 0.4) is 0 Å². The number of amides is 2. The van der Waals surface area contributed by atoms with Gasteiger partial charge in [0.1, 0.15) is 6.04 Å². The first kappa shape index (κ1) is 16.2. The maximum atomic E-state index is 12.0. The second kappa shape index (κ2) is 8.34. The molecule has 0 aliphatic carbocycles. The van der Waals surface area contributed by atoms with Crippen LogP contribution in [0.25, 0.3) is 0 Å². The number of aryl methyl sites for hydroxylation is 1. The van der Waals surface area contributed by atoms with Crippen LogP contribution in [-0.2, 0) is 16.0 Å². The van der Waals surface area contributed by atoms with E-state index in [1.165, 1.54) is 4.88 Å². The maximum absolute atomic E-state index is 12.0. The van der Waals surface area contributed by atoms with Crippen LogP contribution in [-0.4, -0.2) is 17.9 Å². The van der Waals surface area contributed by atoms with E-state index in [0.29, 0.717) is 6.42 Å². The molecular weight excluding hydrogens is 296 g/mol. The average Bonchev–Trinajstić information content (AvgIpc) is 3.01. The van der Waals surface area contributed by atoms with Gasteiger partial charge in [-0.05, 0) is 43.3 Å². The first-order valence-electron chi connectivity index (χ1n) is 7.33. The van der Waals surface area contributed by atoms with Gasteiger partial charge in [-0.15, -0.1) is 11.3 Å². The molecule has 0 aliphatic rings. The molecule has 1 unspecified atom stereocenters. The largest absolute Gasteiger partial charge is 0.345 e. The molecule has 4 nitrogen and oxygen atoms in total. The van der Waals surface area contributed by atoms with E-state index in [1.54, 1.807) is 18.3 Å². The molecule has 1 aromatic heterocycles. The number of hydrogen-bond donors (Lipinski definition) is 2. The molecule has 0 saturated heterocycles. The van der Waals surface area contributed by atoms with Gasteiger partial charge in [-0.1, -0.05) is 24.3 Å². The van der Waals surface area contributed by atoms with Crippen molar-refractivity contribution < 1.29 is 9.59 Å². The van der Waals surface area contributed by atoms with E-state index in [9.17, 15) is 9.59 Å².